The molecule has 0 radical (unpaired) electrons. The van der Waals surface area contributed by atoms with Crippen LogP contribution in [-0.4, -0.2) is 36.7 Å². The molecule has 9 heteroatoms. The molecular weight excluding hydrogens is 446 g/mol. The van der Waals surface area contributed by atoms with Crippen molar-refractivity contribution < 1.29 is 32.7 Å². The molecule has 0 aromatic heterocycles. The zero-order valence-electron chi connectivity index (χ0n) is 18.1. The molecule has 0 heterocycles. The number of benzene rings is 3. The number of ether oxygens (including phenoxy) is 1. The lowest BCUT2D eigenvalue weighted by molar-refractivity contribution is -0.126. The topological polar surface area (TPSA) is 102 Å². The van der Waals surface area contributed by atoms with Gasteiger partial charge >= 0.3 is 5.97 Å². The minimum Gasteiger partial charge on any atom is -0.452 e. The molecule has 0 saturated carbocycles. The van der Waals surface area contributed by atoms with Crippen LogP contribution in [0.1, 0.15) is 31.8 Å². The zero-order valence-corrected chi connectivity index (χ0v) is 18.1. The van der Waals surface area contributed by atoms with E-state index in [1.807, 2.05) is 6.92 Å². The van der Waals surface area contributed by atoms with Crippen LogP contribution >= 0.6 is 0 Å². The Morgan fingerprint density at radius 2 is 1.50 bits per heavy atom. The van der Waals surface area contributed by atoms with Gasteiger partial charge in [-0.1, -0.05) is 48.0 Å². The van der Waals surface area contributed by atoms with Crippen molar-refractivity contribution in [3.63, 3.8) is 0 Å². The van der Waals surface area contributed by atoms with E-state index in [1.165, 1.54) is 12.1 Å². The molecule has 3 aromatic carbocycles. The van der Waals surface area contributed by atoms with Gasteiger partial charge in [0.15, 0.2) is 24.0 Å². The molecule has 34 heavy (non-hydrogen) atoms. The summed E-state index contributed by atoms with van der Waals surface area (Å²) >= 11 is 0. The molecule has 3 aromatic rings. The lowest BCUT2D eigenvalue weighted by Gasteiger charge is -2.10. The number of halogens is 2. The Balaban J connectivity index is 1.53. The van der Waals surface area contributed by atoms with Crippen LogP contribution in [0, 0.1) is 18.6 Å². The number of carbonyl (C=O) groups excluding carboxylic acids is 4. The van der Waals surface area contributed by atoms with Crippen LogP contribution in [0.15, 0.2) is 66.7 Å². The molecule has 174 valence electrons. The second-order valence-corrected chi connectivity index (χ2v) is 7.27. The molecule has 0 aliphatic rings. The maximum Gasteiger partial charge on any atom is 0.339 e. The highest BCUT2D eigenvalue weighted by Crippen LogP contribution is 2.17. The maximum atomic E-state index is 13.2. The van der Waals surface area contributed by atoms with Crippen LogP contribution in [0.2, 0.25) is 0 Å². The summed E-state index contributed by atoms with van der Waals surface area (Å²) in [6.07, 6.45) is 0. The summed E-state index contributed by atoms with van der Waals surface area (Å²) in [4.78, 5) is 49.1. The predicted molar refractivity (Wildman–Crippen MR) is 119 cm³/mol. The summed E-state index contributed by atoms with van der Waals surface area (Å²) in [5.41, 5.74) is 1.52. The van der Waals surface area contributed by atoms with Crippen LogP contribution in [-0.2, 0) is 14.3 Å². The number of hydrogen-bond acceptors (Lipinski definition) is 5. The van der Waals surface area contributed by atoms with Crippen molar-refractivity contribution >= 4 is 29.3 Å². The van der Waals surface area contributed by atoms with Gasteiger partial charge in [0.25, 0.3) is 5.91 Å². The second kappa shape index (κ2) is 11.0. The number of anilines is 1. The molecule has 0 bridgehead atoms. The summed E-state index contributed by atoms with van der Waals surface area (Å²) in [6.45, 7) is 0.707. The highest BCUT2D eigenvalue weighted by Gasteiger charge is 2.20. The number of ketones is 1. The summed E-state index contributed by atoms with van der Waals surface area (Å²) in [5, 5.41) is 4.53. The molecular formula is C25H20F2N2O5. The minimum atomic E-state index is -1.13. The summed E-state index contributed by atoms with van der Waals surface area (Å²) in [7, 11) is 0. The third-order valence-corrected chi connectivity index (χ3v) is 4.69. The van der Waals surface area contributed by atoms with Crippen molar-refractivity contribution in [2.24, 2.45) is 0 Å². The highest BCUT2D eigenvalue weighted by molar-refractivity contribution is 6.14. The van der Waals surface area contributed by atoms with Crippen LogP contribution in [0.4, 0.5) is 14.5 Å². The molecule has 3 rings (SSSR count). The van der Waals surface area contributed by atoms with Gasteiger partial charge in [-0.05, 0) is 25.1 Å². The number of esters is 1. The average Bonchev–Trinajstić information content (AvgIpc) is 2.83. The quantitative estimate of drug-likeness (QED) is 0.391. The van der Waals surface area contributed by atoms with Gasteiger partial charge in [-0.15, -0.1) is 0 Å². The maximum absolute atomic E-state index is 13.2. The van der Waals surface area contributed by atoms with Crippen molar-refractivity contribution in [1.82, 2.24) is 5.32 Å². The lowest BCUT2D eigenvalue weighted by Crippen LogP contribution is -2.35. The van der Waals surface area contributed by atoms with Crippen LogP contribution in [0.25, 0.3) is 0 Å². The first kappa shape index (κ1) is 24.2. The Labute approximate surface area is 193 Å². The molecule has 7 nitrogen and oxygen atoms in total. The standard InChI is InChI=1S/C25H20F2N2O5/c1-15-6-8-16(9-7-15)24(32)18-4-2-3-5-19(18)25(33)34-14-23(31)28-13-22(30)29-17-10-11-20(26)21(27)12-17/h2-12H,13-14H2,1H3,(H,28,31)(H,29,30). The van der Waals surface area contributed by atoms with Gasteiger partial charge in [-0.3, -0.25) is 14.4 Å². The van der Waals surface area contributed by atoms with Gasteiger partial charge in [-0.2, -0.15) is 0 Å². The van der Waals surface area contributed by atoms with Gasteiger partial charge in [-0.25, -0.2) is 13.6 Å². The Morgan fingerprint density at radius 3 is 2.18 bits per heavy atom. The van der Waals surface area contributed by atoms with E-state index in [0.29, 0.717) is 5.56 Å². The van der Waals surface area contributed by atoms with Crippen LogP contribution < -0.4 is 10.6 Å². The number of rotatable bonds is 8. The van der Waals surface area contributed by atoms with Gasteiger partial charge in [0.2, 0.25) is 5.91 Å². The average molecular weight is 466 g/mol. The fourth-order valence-corrected chi connectivity index (χ4v) is 2.94. The van der Waals surface area contributed by atoms with Gasteiger partial charge < -0.3 is 15.4 Å². The Bertz CT molecular complexity index is 1240. The molecule has 2 N–H and O–H groups in total. The molecule has 0 unspecified atom stereocenters. The van der Waals surface area contributed by atoms with Gasteiger partial charge in [0, 0.05) is 22.9 Å². The minimum absolute atomic E-state index is 0.00282. The molecule has 0 saturated heterocycles. The molecule has 0 fully saturated rings. The van der Waals surface area contributed by atoms with Crippen molar-refractivity contribution in [3.8, 4) is 0 Å². The van der Waals surface area contributed by atoms with Crippen LogP contribution in [0.3, 0.4) is 0 Å². The fourth-order valence-electron chi connectivity index (χ4n) is 2.94. The molecule has 0 aliphatic carbocycles. The third-order valence-electron chi connectivity index (χ3n) is 4.69. The highest BCUT2D eigenvalue weighted by atomic mass is 19.2. The van der Waals surface area contributed by atoms with Gasteiger partial charge in [0.05, 0.1) is 12.1 Å². The molecule has 2 amide bonds. The van der Waals surface area contributed by atoms with E-state index in [9.17, 15) is 28.0 Å². The monoisotopic (exact) mass is 466 g/mol. The molecule has 0 aliphatic heterocycles. The van der Waals surface area contributed by atoms with Crippen LogP contribution in [0.5, 0.6) is 0 Å². The molecule has 0 atom stereocenters. The molecule has 0 spiro atoms. The predicted octanol–water partition coefficient (Wildman–Crippen LogP) is 3.42. The number of aryl methyl sites for hydroxylation is 1. The van der Waals surface area contributed by atoms with E-state index in [4.69, 9.17) is 4.74 Å². The Hall–Kier alpha value is -4.40. The van der Waals surface area contributed by atoms with Crippen molar-refractivity contribution in [2.75, 3.05) is 18.5 Å². The Kier molecular flexibility index (Phi) is 7.81. The van der Waals surface area contributed by atoms with E-state index in [-0.39, 0.29) is 22.6 Å². The Morgan fingerprint density at radius 1 is 0.824 bits per heavy atom. The number of amides is 2. The first-order chi connectivity index (χ1) is 16.2. The smallest absolute Gasteiger partial charge is 0.339 e. The largest absolute Gasteiger partial charge is 0.452 e. The third kappa shape index (κ3) is 6.32. The number of hydrogen-bond donors (Lipinski definition) is 2. The number of nitrogens with one attached hydrogen (secondary N) is 2. The summed E-state index contributed by atoms with van der Waals surface area (Å²) in [5.74, 6) is -4.90. The fraction of sp³-hybridized carbons (Fsp3) is 0.120. The van der Waals surface area contributed by atoms with Gasteiger partial charge in [0.1, 0.15) is 0 Å². The summed E-state index contributed by atoms with van der Waals surface area (Å²) < 4.78 is 31.1. The van der Waals surface area contributed by atoms with Crippen molar-refractivity contribution in [2.45, 2.75) is 6.92 Å². The number of carbonyl (C=O) groups is 4. The van der Waals surface area contributed by atoms with Crippen molar-refractivity contribution in [1.29, 1.82) is 0 Å². The van der Waals surface area contributed by atoms with E-state index < -0.39 is 42.6 Å². The van der Waals surface area contributed by atoms with E-state index >= 15 is 0 Å². The van der Waals surface area contributed by atoms with E-state index in [0.717, 1.165) is 23.8 Å². The van der Waals surface area contributed by atoms with E-state index in [2.05, 4.69) is 10.6 Å². The first-order valence-corrected chi connectivity index (χ1v) is 10.1. The summed E-state index contributed by atoms with van der Waals surface area (Å²) in [6, 6.07) is 15.7. The second-order valence-electron chi connectivity index (χ2n) is 7.27. The SMILES string of the molecule is Cc1ccc(C(=O)c2ccccc2C(=O)OCC(=O)NCC(=O)Nc2ccc(F)c(F)c2)cc1. The van der Waals surface area contributed by atoms with Crippen molar-refractivity contribution in [3.05, 3.63) is 101 Å². The lowest BCUT2D eigenvalue weighted by atomic mass is 9.98. The normalized spacial score (nSPS) is 10.3. The first-order valence-electron chi connectivity index (χ1n) is 10.1. The van der Waals surface area contributed by atoms with E-state index in [1.54, 1.807) is 36.4 Å². The zero-order chi connectivity index (χ0) is 24.7.